The first kappa shape index (κ1) is 23.6. The highest BCUT2D eigenvalue weighted by atomic mass is 16.3. The quantitative estimate of drug-likeness (QED) is 0.215. The van der Waals surface area contributed by atoms with Gasteiger partial charge >= 0.3 is 0 Å². The molecule has 10 rings (SSSR count). The minimum atomic E-state index is 0.685. The first-order valence-electron chi connectivity index (χ1n) is 14.8. The molecule has 4 aromatic heterocycles. The van der Waals surface area contributed by atoms with Crippen LogP contribution >= 0.6 is 0 Å². The monoisotopic (exact) mass is 561 g/mol. The Balaban J connectivity index is 1.21. The average Bonchev–Trinajstić information content (AvgIpc) is 3.75. The topological polar surface area (TPSA) is 43.3 Å². The van der Waals surface area contributed by atoms with E-state index in [9.17, 15) is 0 Å². The highest BCUT2D eigenvalue weighted by Crippen LogP contribution is 2.41. The Hall–Kier alpha value is -6.00. The van der Waals surface area contributed by atoms with E-state index in [0.717, 1.165) is 44.4 Å². The van der Waals surface area contributed by atoms with E-state index in [4.69, 9.17) is 14.4 Å². The standard InChI is InChI=1S/C40H23N3O/c1-3-10-24(11-4-1)36-39-37(42-40(41-36)25-12-5-2-6-13-25)32-23-27(19-21-35(32)44-39)26-18-20-34-31(22-26)30-16-9-15-29-28-14-7-8-17-33(28)43(34)38(29)30/h1-23H. The molecule has 0 radical (unpaired) electrons. The second kappa shape index (κ2) is 8.76. The van der Waals surface area contributed by atoms with E-state index in [0.29, 0.717) is 11.4 Å². The number of aromatic nitrogens is 3. The van der Waals surface area contributed by atoms with Crippen molar-refractivity contribution in [3.63, 3.8) is 0 Å². The molecule has 0 N–H and O–H groups in total. The molecule has 0 atom stereocenters. The van der Waals surface area contributed by atoms with Gasteiger partial charge in [-0.15, -0.1) is 0 Å². The number of benzene rings is 6. The third-order valence-corrected chi connectivity index (χ3v) is 8.95. The van der Waals surface area contributed by atoms with Gasteiger partial charge in [-0.2, -0.15) is 0 Å². The van der Waals surface area contributed by atoms with Crippen LogP contribution in [0.1, 0.15) is 0 Å². The summed E-state index contributed by atoms with van der Waals surface area (Å²) < 4.78 is 8.89. The molecule has 44 heavy (non-hydrogen) atoms. The zero-order chi connectivity index (χ0) is 28.8. The van der Waals surface area contributed by atoms with Crippen molar-refractivity contribution in [3.8, 4) is 33.8 Å². The second-order valence-corrected chi connectivity index (χ2v) is 11.4. The molecule has 0 saturated carbocycles. The summed E-state index contributed by atoms with van der Waals surface area (Å²) in [5.74, 6) is 0.685. The highest BCUT2D eigenvalue weighted by Gasteiger charge is 2.20. The first-order valence-corrected chi connectivity index (χ1v) is 14.8. The van der Waals surface area contributed by atoms with Gasteiger partial charge in [-0.3, -0.25) is 0 Å². The molecule has 0 aliphatic rings. The summed E-state index contributed by atoms with van der Waals surface area (Å²) in [5, 5.41) is 6.10. The van der Waals surface area contributed by atoms with Crippen LogP contribution < -0.4 is 0 Å². The number of rotatable bonds is 3. The molecular formula is C40H23N3O. The van der Waals surface area contributed by atoms with Gasteiger partial charge in [0.15, 0.2) is 11.4 Å². The fraction of sp³-hybridized carbons (Fsp3) is 0. The molecule has 0 saturated heterocycles. The predicted molar refractivity (Wildman–Crippen MR) is 180 cm³/mol. The molecule has 0 aliphatic carbocycles. The van der Waals surface area contributed by atoms with Gasteiger partial charge in [0.2, 0.25) is 0 Å². The van der Waals surface area contributed by atoms with E-state index in [1.165, 1.54) is 38.1 Å². The smallest absolute Gasteiger partial charge is 0.180 e. The van der Waals surface area contributed by atoms with Crippen molar-refractivity contribution >= 4 is 60.2 Å². The van der Waals surface area contributed by atoms with Crippen LogP contribution in [-0.2, 0) is 0 Å². The number of hydrogen-bond acceptors (Lipinski definition) is 3. The van der Waals surface area contributed by atoms with Crippen molar-refractivity contribution in [2.45, 2.75) is 0 Å². The SMILES string of the molecule is c1ccc(-c2nc(-c3ccccc3)c3oc4ccc(-c5ccc6c(c5)c5cccc7c8ccccc8n6c75)cc4c3n2)cc1. The van der Waals surface area contributed by atoms with Crippen molar-refractivity contribution in [3.05, 3.63) is 140 Å². The Kier molecular flexibility index (Phi) is 4.69. The third-order valence-electron chi connectivity index (χ3n) is 8.95. The Morgan fingerprint density at radius 2 is 1.09 bits per heavy atom. The van der Waals surface area contributed by atoms with E-state index >= 15 is 0 Å². The summed E-state index contributed by atoms with van der Waals surface area (Å²) >= 11 is 0. The van der Waals surface area contributed by atoms with Crippen LogP contribution in [-0.4, -0.2) is 14.4 Å². The molecule has 0 amide bonds. The second-order valence-electron chi connectivity index (χ2n) is 11.4. The predicted octanol–water partition coefficient (Wildman–Crippen LogP) is 10.5. The molecule has 4 nitrogen and oxygen atoms in total. The van der Waals surface area contributed by atoms with Crippen LogP contribution in [0.2, 0.25) is 0 Å². The number of furan rings is 1. The Bertz CT molecular complexity index is 2700. The minimum absolute atomic E-state index is 0.685. The molecule has 204 valence electrons. The van der Waals surface area contributed by atoms with Gasteiger partial charge in [0, 0.05) is 38.1 Å². The zero-order valence-electron chi connectivity index (χ0n) is 23.5. The number of hydrogen-bond donors (Lipinski definition) is 0. The lowest BCUT2D eigenvalue weighted by Gasteiger charge is -2.06. The third kappa shape index (κ3) is 3.22. The lowest BCUT2D eigenvalue weighted by molar-refractivity contribution is 0.667. The summed E-state index contributed by atoms with van der Waals surface area (Å²) in [5.41, 5.74) is 11.1. The van der Waals surface area contributed by atoms with E-state index < -0.39 is 0 Å². The summed E-state index contributed by atoms with van der Waals surface area (Å²) in [4.78, 5) is 10.1. The number of nitrogens with zero attached hydrogens (tertiary/aromatic N) is 3. The fourth-order valence-corrected chi connectivity index (χ4v) is 6.94. The summed E-state index contributed by atoms with van der Waals surface area (Å²) in [7, 11) is 0. The van der Waals surface area contributed by atoms with Gasteiger partial charge in [0.1, 0.15) is 16.8 Å². The van der Waals surface area contributed by atoms with Crippen LogP contribution in [0.15, 0.2) is 144 Å². The average molecular weight is 562 g/mol. The Morgan fingerprint density at radius 1 is 0.455 bits per heavy atom. The lowest BCUT2D eigenvalue weighted by atomic mass is 10.0. The van der Waals surface area contributed by atoms with Gasteiger partial charge in [-0.05, 0) is 41.5 Å². The van der Waals surface area contributed by atoms with Crippen molar-refractivity contribution in [2.75, 3.05) is 0 Å². The molecule has 6 aromatic carbocycles. The number of para-hydroxylation sites is 2. The molecular weight excluding hydrogens is 538 g/mol. The van der Waals surface area contributed by atoms with Crippen LogP contribution in [0.4, 0.5) is 0 Å². The Morgan fingerprint density at radius 3 is 1.91 bits per heavy atom. The van der Waals surface area contributed by atoms with Crippen LogP contribution in [0.5, 0.6) is 0 Å². The maximum Gasteiger partial charge on any atom is 0.180 e. The van der Waals surface area contributed by atoms with Crippen LogP contribution in [0.25, 0.3) is 93.9 Å². The van der Waals surface area contributed by atoms with E-state index in [1.807, 2.05) is 48.5 Å². The van der Waals surface area contributed by atoms with E-state index in [1.54, 1.807) is 0 Å². The van der Waals surface area contributed by atoms with Gasteiger partial charge in [0.05, 0.1) is 16.6 Å². The van der Waals surface area contributed by atoms with E-state index in [-0.39, 0.29) is 0 Å². The highest BCUT2D eigenvalue weighted by molar-refractivity contribution is 6.23. The largest absolute Gasteiger partial charge is 0.452 e. The molecule has 0 spiro atoms. The molecule has 0 aliphatic heterocycles. The number of fused-ring (bicyclic) bond motifs is 9. The molecule has 4 heteroatoms. The van der Waals surface area contributed by atoms with Crippen molar-refractivity contribution in [2.24, 2.45) is 0 Å². The van der Waals surface area contributed by atoms with Gasteiger partial charge in [0.25, 0.3) is 0 Å². The van der Waals surface area contributed by atoms with Gasteiger partial charge in [-0.25, -0.2) is 9.97 Å². The molecule has 0 fully saturated rings. The first-order chi connectivity index (χ1) is 21.8. The van der Waals surface area contributed by atoms with Crippen molar-refractivity contribution in [1.29, 1.82) is 0 Å². The normalized spacial score (nSPS) is 12.1. The zero-order valence-corrected chi connectivity index (χ0v) is 23.5. The molecule has 4 heterocycles. The molecule has 0 bridgehead atoms. The van der Waals surface area contributed by atoms with Crippen molar-refractivity contribution in [1.82, 2.24) is 14.4 Å². The fourth-order valence-electron chi connectivity index (χ4n) is 6.94. The lowest BCUT2D eigenvalue weighted by Crippen LogP contribution is -1.93. The summed E-state index contributed by atoms with van der Waals surface area (Å²) in [6.07, 6.45) is 0. The van der Waals surface area contributed by atoms with Gasteiger partial charge < -0.3 is 8.82 Å². The van der Waals surface area contributed by atoms with E-state index in [2.05, 4.69) is 95.4 Å². The molecule has 0 unspecified atom stereocenters. The Labute approximate surface area is 251 Å². The van der Waals surface area contributed by atoms with Crippen LogP contribution in [0, 0.1) is 0 Å². The van der Waals surface area contributed by atoms with Crippen LogP contribution in [0.3, 0.4) is 0 Å². The maximum atomic E-state index is 6.48. The summed E-state index contributed by atoms with van der Waals surface area (Å²) in [6.45, 7) is 0. The maximum absolute atomic E-state index is 6.48. The van der Waals surface area contributed by atoms with Crippen molar-refractivity contribution < 1.29 is 4.42 Å². The minimum Gasteiger partial charge on any atom is -0.452 e. The summed E-state index contributed by atoms with van der Waals surface area (Å²) in [6, 6.07) is 48.9. The van der Waals surface area contributed by atoms with Gasteiger partial charge in [-0.1, -0.05) is 109 Å². The molecule has 10 aromatic rings.